The van der Waals surface area contributed by atoms with Crippen molar-refractivity contribution >= 4 is 0 Å². The van der Waals surface area contributed by atoms with Crippen molar-refractivity contribution in [3.8, 4) is 11.3 Å². The van der Waals surface area contributed by atoms with Crippen LogP contribution in [0.5, 0.6) is 0 Å². The Balaban J connectivity index is 1.78. The minimum Gasteiger partial charge on any atom is -0.346 e. The number of H-pyrrole nitrogens is 1. The van der Waals surface area contributed by atoms with Gasteiger partial charge in [-0.2, -0.15) is 0 Å². The molecule has 1 unspecified atom stereocenters. The van der Waals surface area contributed by atoms with Crippen LogP contribution in [0.3, 0.4) is 0 Å². The zero-order valence-electron chi connectivity index (χ0n) is 12.4. The van der Waals surface area contributed by atoms with Gasteiger partial charge >= 0.3 is 0 Å². The fourth-order valence-electron chi connectivity index (χ4n) is 2.94. The Hall–Kier alpha value is -1.61. The number of piperidine rings is 1. The van der Waals surface area contributed by atoms with Crippen LogP contribution in [0.2, 0.25) is 0 Å². The Kier molecular flexibility index (Phi) is 3.88. The number of benzene rings is 1. The van der Waals surface area contributed by atoms with E-state index in [1.54, 1.807) is 0 Å². The second-order valence-electron chi connectivity index (χ2n) is 5.87. The highest BCUT2D eigenvalue weighted by molar-refractivity contribution is 5.62. The van der Waals surface area contributed by atoms with E-state index in [0.717, 1.165) is 24.5 Å². The van der Waals surface area contributed by atoms with Crippen LogP contribution in [-0.2, 0) is 6.42 Å². The van der Waals surface area contributed by atoms with Gasteiger partial charge in [0.1, 0.15) is 5.82 Å². The third-order valence-electron chi connectivity index (χ3n) is 4.11. The molecule has 0 amide bonds. The fourth-order valence-corrected chi connectivity index (χ4v) is 2.94. The van der Waals surface area contributed by atoms with E-state index in [-0.39, 0.29) is 0 Å². The van der Waals surface area contributed by atoms with Gasteiger partial charge < -0.3 is 10.3 Å². The standard InChI is InChI=1S/C17H23N3/c1-12-6-8-14(9-7-12)17-13(2)19-16(20-17)11-15-5-3-4-10-18-15/h6-9,15,18H,3-5,10-11H2,1-2H3,(H,19,20). The first-order chi connectivity index (χ1) is 9.72. The summed E-state index contributed by atoms with van der Waals surface area (Å²) in [6, 6.07) is 9.18. The number of nitrogens with zero attached hydrogens (tertiary/aromatic N) is 1. The molecule has 1 atom stereocenters. The minimum absolute atomic E-state index is 0.583. The molecule has 2 heterocycles. The van der Waals surface area contributed by atoms with Crippen molar-refractivity contribution < 1.29 is 0 Å². The summed E-state index contributed by atoms with van der Waals surface area (Å²) in [5.41, 5.74) is 4.75. The van der Waals surface area contributed by atoms with Gasteiger partial charge in [0, 0.05) is 23.7 Å². The van der Waals surface area contributed by atoms with E-state index in [9.17, 15) is 0 Å². The van der Waals surface area contributed by atoms with Crippen LogP contribution in [0.4, 0.5) is 0 Å². The second-order valence-corrected chi connectivity index (χ2v) is 5.87. The molecule has 0 aliphatic carbocycles. The van der Waals surface area contributed by atoms with Gasteiger partial charge in [0.15, 0.2) is 0 Å². The van der Waals surface area contributed by atoms with Crippen LogP contribution >= 0.6 is 0 Å². The Labute approximate surface area is 120 Å². The van der Waals surface area contributed by atoms with Gasteiger partial charge in [0.05, 0.1) is 5.69 Å². The number of hydrogen-bond acceptors (Lipinski definition) is 2. The normalized spacial score (nSPS) is 19.2. The van der Waals surface area contributed by atoms with E-state index in [1.807, 2.05) is 0 Å². The summed E-state index contributed by atoms with van der Waals surface area (Å²) in [6.45, 7) is 5.37. The van der Waals surface area contributed by atoms with Crippen LogP contribution in [0.1, 0.15) is 36.3 Å². The number of imidazole rings is 1. The molecule has 2 aromatic rings. The molecule has 0 saturated carbocycles. The lowest BCUT2D eigenvalue weighted by molar-refractivity contribution is 0.395. The maximum Gasteiger partial charge on any atom is 0.108 e. The van der Waals surface area contributed by atoms with Crippen molar-refractivity contribution in [3.63, 3.8) is 0 Å². The van der Waals surface area contributed by atoms with Gasteiger partial charge in [-0.3, -0.25) is 0 Å². The molecule has 1 fully saturated rings. The highest BCUT2D eigenvalue weighted by atomic mass is 15.0. The average molecular weight is 269 g/mol. The summed E-state index contributed by atoms with van der Waals surface area (Å²) in [5, 5.41) is 3.58. The number of aromatic amines is 1. The Morgan fingerprint density at radius 3 is 2.65 bits per heavy atom. The second kappa shape index (κ2) is 5.80. The molecule has 1 aromatic carbocycles. The predicted octanol–water partition coefficient (Wildman–Crippen LogP) is 3.38. The highest BCUT2D eigenvalue weighted by Gasteiger charge is 2.16. The molecule has 0 bridgehead atoms. The Morgan fingerprint density at radius 2 is 1.95 bits per heavy atom. The molecular formula is C17H23N3. The maximum absolute atomic E-state index is 4.81. The summed E-state index contributed by atoms with van der Waals surface area (Å²) in [5.74, 6) is 1.11. The third kappa shape index (κ3) is 2.93. The number of aryl methyl sites for hydroxylation is 2. The molecule has 106 valence electrons. The molecule has 3 heteroatoms. The lowest BCUT2D eigenvalue weighted by Crippen LogP contribution is -2.35. The van der Waals surface area contributed by atoms with Crippen molar-refractivity contribution in [3.05, 3.63) is 41.3 Å². The molecule has 2 N–H and O–H groups in total. The van der Waals surface area contributed by atoms with Crippen molar-refractivity contribution in [1.29, 1.82) is 0 Å². The summed E-state index contributed by atoms with van der Waals surface area (Å²) in [4.78, 5) is 8.26. The van der Waals surface area contributed by atoms with Crippen molar-refractivity contribution in [2.24, 2.45) is 0 Å². The smallest absolute Gasteiger partial charge is 0.108 e. The van der Waals surface area contributed by atoms with E-state index in [0.29, 0.717) is 6.04 Å². The van der Waals surface area contributed by atoms with Crippen LogP contribution < -0.4 is 5.32 Å². The summed E-state index contributed by atoms with van der Waals surface area (Å²) < 4.78 is 0. The van der Waals surface area contributed by atoms with E-state index < -0.39 is 0 Å². The molecule has 0 radical (unpaired) electrons. The highest BCUT2D eigenvalue weighted by Crippen LogP contribution is 2.22. The van der Waals surface area contributed by atoms with E-state index in [4.69, 9.17) is 4.98 Å². The van der Waals surface area contributed by atoms with Gasteiger partial charge in [-0.1, -0.05) is 36.2 Å². The van der Waals surface area contributed by atoms with Gasteiger partial charge in [0.2, 0.25) is 0 Å². The first-order valence-electron chi connectivity index (χ1n) is 7.58. The summed E-state index contributed by atoms with van der Waals surface area (Å²) in [7, 11) is 0. The molecule has 20 heavy (non-hydrogen) atoms. The Morgan fingerprint density at radius 1 is 1.15 bits per heavy atom. The average Bonchev–Trinajstić information content (AvgIpc) is 2.81. The lowest BCUT2D eigenvalue weighted by Gasteiger charge is -2.22. The lowest BCUT2D eigenvalue weighted by atomic mass is 10.0. The molecule has 0 spiro atoms. The van der Waals surface area contributed by atoms with E-state index in [2.05, 4.69) is 48.4 Å². The number of hydrogen-bond donors (Lipinski definition) is 2. The van der Waals surface area contributed by atoms with Crippen molar-refractivity contribution in [1.82, 2.24) is 15.3 Å². The van der Waals surface area contributed by atoms with Gasteiger partial charge in [-0.15, -0.1) is 0 Å². The molecular weight excluding hydrogens is 246 g/mol. The van der Waals surface area contributed by atoms with Crippen molar-refractivity contribution in [2.45, 2.75) is 45.6 Å². The van der Waals surface area contributed by atoms with E-state index in [1.165, 1.54) is 36.1 Å². The maximum atomic E-state index is 4.81. The Bertz CT molecular complexity index is 562. The topological polar surface area (TPSA) is 40.7 Å². The predicted molar refractivity (Wildman–Crippen MR) is 82.8 cm³/mol. The van der Waals surface area contributed by atoms with Crippen LogP contribution in [0, 0.1) is 13.8 Å². The monoisotopic (exact) mass is 269 g/mol. The van der Waals surface area contributed by atoms with Crippen molar-refractivity contribution in [2.75, 3.05) is 6.54 Å². The molecule has 3 nitrogen and oxygen atoms in total. The number of nitrogens with one attached hydrogen (secondary N) is 2. The zero-order valence-corrected chi connectivity index (χ0v) is 12.4. The SMILES string of the molecule is Cc1ccc(-c2nc(CC3CCCCN3)[nH]c2C)cc1. The largest absolute Gasteiger partial charge is 0.346 e. The molecule has 1 aliphatic heterocycles. The van der Waals surface area contributed by atoms with Gasteiger partial charge in [-0.25, -0.2) is 4.98 Å². The van der Waals surface area contributed by atoms with Crippen LogP contribution in [0.15, 0.2) is 24.3 Å². The van der Waals surface area contributed by atoms with Gasteiger partial charge in [0.25, 0.3) is 0 Å². The van der Waals surface area contributed by atoms with E-state index >= 15 is 0 Å². The molecule has 1 aliphatic rings. The van der Waals surface area contributed by atoms with Crippen LogP contribution in [-0.4, -0.2) is 22.6 Å². The summed E-state index contributed by atoms with van der Waals surface area (Å²) >= 11 is 0. The molecule has 1 saturated heterocycles. The third-order valence-corrected chi connectivity index (χ3v) is 4.11. The first kappa shape index (κ1) is 13.4. The molecule has 3 rings (SSSR count). The molecule has 1 aromatic heterocycles. The first-order valence-corrected chi connectivity index (χ1v) is 7.58. The van der Waals surface area contributed by atoms with Crippen LogP contribution in [0.25, 0.3) is 11.3 Å². The van der Waals surface area contributed by atoms with Gasteiger partial charge in [-0.05, 0) is 33.2 Å². The minimum atomic E-state index is 0.583. The number of rotatable bonds is 3. The fraction of sp³-hybridized carbons (Fsp3) is 0.471. The zero-order chi connectivity index (χ0) is 13.9. The quantitative estimate of drug-likeness (QED) is 0.897. The summed E-state index contributed by atoms with van der Waals surface area (Å²) in [6.07, 6.45) is 4.91. The number of aromatic nitrogens is 2.